The number of aliphatic carboxylic acids is 1. The molecule has 0 aliphatic rings. The van der Waals surface area contributed by atoms with Gasteiger partial charge >= 0.3 is 5.97 Å². The molecule has 0 aliphatic heterocycles. The summed E-state index contributed by atoms with van der Waals surface area (Å²) in [4.78, 5) is 23.7. The van der Waals surface area contributed by atoms with E-state index in [4.69, 9.17) is 14.6 Å². The van der Waals surface area contributed by atoms with Crippen LogP contribution in [0.5, 0.6) is 5.75 Å². The fraction of sp³-hybridized carbons (Fsp3) is 0.429. The van der Waals surface area contributed by atoms with Crippen molar-refractivity contribution in [3.05, 3.63) is 24.3 Å². The highest BCUT2D eigenvalue weighted by molar-refractivity contribution is 8.00. The van der Waals surface area contributed by atoms with Crippen LogP contribution in [0.25, 0.3) is 0 Å². The number of benzene rings is 1. The second kappa shape index (κ2) is 9.25. The number of amides is 1. The molecule has 1 rings (SSSR count). The first kappa shape index (κ1) is 17.3. The van der Waals surface area contributed by atoms with Crippen LogP contribution in [-0.2, 0) is 14.3 Å². The molecule has 1 unspecified atom stereocenters. The lowest BCUT2D eigenvalue weighted by Gasteiger charge is -2.13. The highest BCUT2D eigenvalue weighted by Gasteiger charge is 2.19. The van der Waals surface area contributed by atoms with Crippen LogP contribution in [0.1, 0.15) is 6.42 Å². The zero-order valence-corrected chi connectivity index (χ0v) is 12.8. The third-order valence-corrected chi connectivity index (χ3v) is 3.69. The van der Waals surface area contributed by atoms with Gasteiger partial charge in [0.25, 0.3) is 0 Å². The molecule has 0 heterocycles. The molecular weight excluding hydrogens is 294 g/mol. The van der Waals surface area contributed by atoms with E-state index >= 15 is 0 Å². The zero-order chi connectivity index (χ0) is 15.7. The van der Waals surface area contributed by atoms with Gasteiger partial charge in [0.1, 0.15) is 11.8 Å². The Bertz CT molecular complexity index is 463. The number of nitrogens with one attached hydrogen (secondary N) is 1. The van der Waals surface area contributed by atoms with Gasteiger partial charge in [0.15, 0.2) is 0 Å². The maximum atomic E-state index is 11.8. The van der Waals surface area contributed by atoms with Gasteiger partial charge in [-0.3, -0.25) is 4.79 Å². The largest absolute Gasteiger partial charge is 0.497 e. The average molecular weight is 313 g/mol. The standard InChI is InChI=1S/C14H19NO5S/c1-19-8-7-12(14(17)18)15-13(16)9-21-11-5-3-10(20-2)4-6-11/h3-6,12H,7-9H2,1-2H3,(H,15,16)(H,17,18). The third-order valence-electron chi connectivity index (χ3n) is 2.67. The van der Waals surface area contributed by atoms with Crippen LogP contribution in [0.4, 0.5) is 0 Å². The second-order valence-electron chi connectivity index (χ2n) is 4.20. The van der Waals surface area contributed by atoms with Crippen LogP contribution in [0, 0.1) is 0 Å². The van der Waals surface area contributed by atoms with Crippen molar-refractivity contribution in [1.29, 1.82) is 0 Å². The van der Waals surface area contributed by atoms with Crippen molar-refractivity contribution in [2.24, 2.45) is 0 Å². The van der Waals surface area contributed by atoms with Gasteiger partial charge in [-0.1, -0.05) is 0 Å². The van der Waals surface area contributed by atoms with Crippen molar-refractivity contribution < 1.29 is 24.2 Å². The normalized spacial score (nSPS) is 11.7. The second-order valence-corrected chi connectivity index (χ2v) is 5.25. The fourth-order valence-corrected chi connectivity index (χ4v) is 2.26. The Morgan fingerprint density at radius 1 is 1.29 bits per heavy atom. The van der Waals surface area contributed by atoms with Crippen molar-refractivity contribution in [3.8, 4) is 5.75 Å². The summed E-state index contributed by atoms with van der Waals surface area (Å²) < 4.78 is 9.87. The lowest BCUT2D eigenvalue weighted by Crippen LogP contribution is -2.42. The number of thioether (sulfide) groups is 1. The fourth-order valence-electron chi connectivity index (χ4n) is 1.55. The molecule has 1 aromatic rings. The lowest BCUT2D eigenvalue weighted by atomic mass is 10.2. The number of carbonyl (C=O) groups is 2. The number of carboxylic acids is 1. The predicted molar refractivity (Wildman–Crippen MR) is 79.8 cm³/mol. The molecule has 1 atom stereocenters. The Labute approximate surface area is 127 Å². The van der Waals surface area contributed by atoms with Gasteiger partial charge in [0.2, 0.25) is 5.91 Å². The van der Waals surface area contributed by atoms with E-state index < -0.39 is 12.0 Å². The van der Waals surface area contributed by atoms with E-state index in [1.54, 1.807) is 19.2 Å². The van der Waals surface area contributed by atoms with Gasteiger partial charge in [0.05, 0.1) is 12.9 Å². The number of carboxylic acid groups (broad SMARTS) is 1. The van der Waals surface area contributed by atoms with Crippen LogP contribution in [0.2, 0.25) is 0 Å². The van der Waals surface area contributed by atoms with Gasteiger partial charge < -0.3 is 19.9 Å². The molecule has 7 heteroatoms. The predicted octanol–water partition coefficient (Wildman–Crippen LogP) is 1.39. The number of methoxy groups -OCH3 is 2. The smallest absolute Gasteiger partial charge is 0.326 e. The van der Waals surface area contributed by atoms with Gasteiger partial charge in [-0.2, -0.15) is 0 Å². The Morgan fingerprint density at radius 2 is 1.95 bits per heavy atom. The average Bonchev–Trinajstić information content (AvgIpc) is 2.49. The molecule has 116 valence electrons. The number of rotatable bonds is 9. The van der Waals surface area contributed by atoms with Crippen molar-refractivity contribution >= 4 is 23.6 Å². The molecular formula is C14H19NO5S. The first-order valence-corrected chi connectivity index (χ1v) is 7.33. The summed E-state index contributed by atoms with van der Waals surface area (Å²) in [5.41, 5.74) is 0. The molecule has 0 radical (unpaired) electrons. The SMILES string of the molecule is COCCC(NC(=O)CSc1ccc(OC)cc1)C(=O)O. The van der Waals surface area contributed by atoms with Crippen LogP contribution in [-0.4, -0.2) is 49.6 Å². The van der Waals surface area contributed by atoms with Crippen molar-refractivity contribution in [2.45, 2.75) is 17.4 Å². The van der Waals surface area contributed by atoms with Crippen LogP contribution >= 0.6 is 11.8 Å². The van der Waals surface area contributed by atoms with E-state index in [2.05, 4.69) is 5.32 Å². The van der Waals surface area contributed by atoms with Crippen molar-refractivity contribution in [1.82, 2.24) is 5.32 Å². The van der Waals surface area contributed by atoms with Crippen LogP contribution in [0.3, 0.4) is 0 Å². The summed E-state index contributed by atoms with van der Waals surface area (Å²) in [7, 11) is 3.07. The first-order chi connectivity index (χ1) is 10.1. The summed E-state index contributed by atoms with van der Waals surface area (Å²) in [5.74, 6) is -0.480. The highest BCUT2D eigenvalue weighted by atomic mass is 32.2. The Balaban J connectivity index is 2.42. The summed E-state index contributed by atoms with van der Waals surface area (Å²) in [5, 5.41) is 11.5. The molecule has 0 fully saturated rings. The van der Waals surface area contributed by atoms with Gasteiger partial charge in [0, 0.05) is 25.0 Å². The number of hydrogen-bond donors (Lipinski definition) is 2. The molecule has 1 aromatic carbocycles. The van der Waals surface area contributed by atoms with Crippen LogP contribution < -0.4 is 10.1 Å². The molecule has 0 bridgehead atoms. The molecule has 6 nitrogen and oxygen atoms in total. The number of hydrogen-bond acceptors (Lipinski definition) is 5. The number of carbonyl (C=O) groups excluding carboxylic acids is 1. The molecule has 0 aromatic heterocycles. The summed E-state index contributed by atoms with van der Waals surface area (Å²) in [6.45, 7) is 0.281. The van der Waals surface area contributed by atoms with Crippen molar-refractivity contribution in [3.63, 3.8) is 0 Å². The monoisotopic (exact) mass is 313 g/mol. The first-order valence-electron chi connectivity index (χ1n) is 6.34. The van der Waals surface area contributed by atoms with Crippen molar-refractivity contribution in [2.75, 3.05) is 26.6 Å². The van der Waals surface area contributed by atoms with Gasteiger partial charge in [-0.05, 0) is 24.3 Å². The molecule has 0 spiro atoms. The molecule has 0 aliphatic carbocycles. The Kier molecular flexibility index (Phi) is 7.63. The Morgan fingerprint density at radius 3 is 2.48 bits per heavy atom. The summed E-state index contributed by atoms with van der Waals surface area (Å²) in [6, 6.07) is 6.37. The third kappa shape index (κ3) is 6.50. The molecule has 21 heavy (non-hydrogen) atoms. The van der Waals surface area contributed by atoms with E-state index in [0.717, 1.165) is 10.6 Å². The molecule has 1 amide bonds. The minimum absolute atomic E-state index is 0.156. The summed E-state index contributed by atoms with van der Waals surface area (Å²) in [6.07, 6.45) is 0.241. The van der Waals surface area contributed by atoms with E-state index in [-0.39, 0.29) is 24.7 Å². The summed E-state index contributed by atoms with van der Waals surface area (Å²) >= 11 is 1.33. The molecule has 2 N–H and O–H groups in total. The highest BCUT2D eigenvalue weighted by Crippen LogP contribution is 2.20. The molecule has 0 saturated heterocycles. The minimum Gasteiger partial charge on any atom is -0.497 e. The van der Waals surface area contributed by atoms with Gasteiger partial charge in [-0.25, -0.2) is 4.79 Å². The van der Waals surface area contributed by atoms with E-state index in [0.29, 0.717) is 0 Å². The maximum Gasteiger partial charge on any atom is 0.326 e. The van der Waals surface area contributed by atoms with Crippen LogP contribution in [0.15, 0.2) is 29.2 Å². The number of ether oxygens (including phenoxy) is 2. The quantitative estimate of drug-likeness (QED) is 0.670. The zero-order valence-electron chi connectivity index (χ0n) is 12.0. The Hall–Kier alpha value is -1.73. The van der Waals surface area contributed by atoms with E-state index in [1.165, 1.54) is 18.9 Å². The van der Waals surface area contributed by atoms with E-state index in [9.17, 15) is 9.59 Å². The lowest BCUT2D eigenvalue weighted by molar-refractivity contribution is -0.142. The van der Waals surface area contributed by atoms with Gasteiger partial charge in [-0.15, -0.1) is 11.8 Å². The van der Waals surface area contributed by atoms with E-state index in [1.807, 2.05) is 12.1 Å². The molecule has 0 saturated carbocycles. The minimum atomic E-state index is -1.06. The topological polar surface area (TPSA) is 84.9 Å². The maximum absolute atomic E-state index is 11.8.